The number of methoxy groups -OCH3 is 1. The molecule has 7 nitrogen and oxygen atoms in total. The van der Waals surface area contributed by atoms with Crippen LogP contribution in [0, 0.1) is 0 Å². The van der Waals surface area contributed by atoms with Crippen LogP contribution in [0.2, 0.25) is 5.02 Å². The SMILES string of the molecule is CC[C@@H](Oc1cccc(Cl)c1)C(=O)NCc1nc(-c2cccc(OC)c2)no1. The van der Waals surface area contributed by atoms with Crippen molar-refractivity contribution in [3.63, 3.8) is 0 Å². The zero-order chi connectivity index (χ0) is 19.9. The highest BCUT2D eigenvalue weighted by Crippen LogP contribution is 2.21. The molecule has 0 aliphatic carbocycles. The number of carbonyl (C=O) groups excluding carboxylic acids is 1. The normalized spacial score (nSPS) is 11.7. The molecule has 2 aromatic carbocycles. The molecule has 146 valence electrons. The molecule has 0 radical (unpaired) electrons. The van der Waals surface area contributed by atoms with Gasteiger partial charge >= 0.3 is 0 Å². The van der Waals surface area contributed by atoms with Crippen LogP contribution in [0.5, 0.6) is 11.5 Å². The number of ether oxygens (including phenoxy) is 2. The van der Waals surface area contributed by atoms with Crippen molar-refractivity contribution < 1.29 is 18.8 Å². The summed E-state index contributed by atoms with van der Waals surface area (Å²) in [6.07, 6.45) is -0.156. The van der Waals surface area contributed by atoms with Crippen molar-refractivity contribution in [3.8, 4) is 22.9 Å². The molecule has 1 atom stereocenters. The second-order valence-corrected chi connectivity index (χ2v) is 6.37. The standard InChI is InChI=1S/C20H20ClN3O4/c1-3-17(27-16-9-5-7-14(21)11-16)20(25)22-12-18-23-19(24-28-18)13-6-4-8-15(10-13)26-2/h4-11,17H,3,12H2,1-2H3,(H,22,25)/t17-/m1/s1. The van der Waals surface area contributed by atoms with Gasteiger partial charge in [0.05, 0.1) is 13.7 Å². The second-order valence-electron chi connectivity index (χ2n) is 5.93. The van der Waals surface area contributed by atoms with E-state index in [0.717, 1.165) is 5.56 Å². The van der Waals surface area contributed by atoms with E-state index in [1.807, 2.05) is 25.1 Å². The highest BCUT2D eigenvalue weighted by atomic mass is 35.5. The maximum atomic E-state index is 12.4. The highest BCUT2D eigenvalue weighted by Gasteiger charge is 2.19. The molecule has 0 fully saturated rings. The Kier molecular flexibility index (Phi) is 6.49. The van der Waals surface area contributed by atoms with Crippen molar-refractivity contribution in [2.45, 2.75) is 26.0 Å². The molecule has 1 aromatic heterocycles. The Bertz CT molecular complexity index is 944. The largest absolute Gasteiger partial charge is 0.497 e. The van der Waals surface area contributed by atoms with Crippen LogP contribution < -0.4 is 14.8 Å². The Morgan fingerprint density at radius 3 is 2.75 bits per heavy atom. The molecule has 3 rings (SSSR count). The summed E-state index contributed by atoms with van der Waals surface area (Å²) >= 11 is 5.95. The van der Waals surface area contributed by atoms with Crippen LogP contribution in [0.1, 0.15) is 19.2 Å². The van der Waals surface area contributed by atoms with Gasteiger partial charge < -0.3 is 19.3 Å². The number of amides is 1. The molecule has 3 aromatic rings. The monoisotopic (exact) mass is 401 g/mol. The molecule has 28 heavy (non-hydrogen) atoms. The lowest BCUT2D eigenvalue weighted by Crippen LogP contribution is -2.37. The number of hydrogen-bond acceptors (Lipinski definition) is 6. The molecule has 0 spiro atoms. The van der Waals surface area contributed by atoms with Gasteiger partial charge in [-0.05, 0) is 36.8 Å². The van der Waals surface area contributed by atoms with Crippen molar-refractivity contribution in [1.82, 2.24) is 15.5 Å². The van der Waals surface area contributed by atoms with E-state index in [2.05, 4.69) is 15.5 Å². The summed E-state index contributed by atoms with van der Waals surface area (Å²) < 4.78 is 16.1. The van der Waals surface area contributed by atoms with Gasteiger partial charge in [-0.25, -0.2) is 0 Å². The molecule has 0 saturated carbocycles. The molecule has 0 aliphatic heterocycles. The van der Waals surface area contributed by atoms with Crippen LogP contribution in [0.15, 0.2) is 53.1 Å². The Balaban J connectivity index is 1.60. The van der Waals surface area contributed by atoms with Crippen LogP contribution in [-0.2, 0) is 11.3 Å². The molecule has 1 N–H and O–H groups in total. The summed E-state index contributed by atoms with van der Waals surface area (Å²) in [5.74, 6) is 1.67. The van der Waals surface area contributed by atoms with Gasteiger partial charge in [0.25, 0.3) is 5.91 Å². The van der Waals surface area contributed by atoms with Crippen LogP contribution in [-0.4, -0.2) is 29.3 Å². The maximum Gasteiger partial charge on any atom is 0.261 e. The summed E-state index contributed by atoms with van der Waals surface area (Å²) in [6.45, 7) is 1.97. The molecule has 0 unspecified atom stereocenters. The van der Waals surface area contributed by atoms with E-state index in [9.17, 15) is 4.79 Å². The van der Waals surface area contributed by atoms with Crippen molar-refractivity contribution >= 4 is 17.5 Å². The first-order valence-corrected chi connectivity index (χ1v) is 9.13. The van der Waals surface area contributed by atoms with Gasteiger partial charge in [-0.3, -0.25) is 4.79 Å². The second kappa shape index (κ2) is 9.23. The molecule has 0 saturated heterocycles. The van der Waals surface area contributed by atoms with E-state index in [0.29, 0.717) is 34.7 Å². The summed E-state index contributed by atoms with van der Waals surface area (Å²) in [5.41, 5.74) is 0.761. The Morgan fingerprint density at radius 1 is 1.21 bits per heavy atom. The zero-order valence-electron chi connectivity index (χ0n) is 15.5. The van der Waals surface area contributed by atoms with Gasteiger partial charge in [0.15, 0.2) is 6.10 Å². The number of benzene rings is 2. The van der Waals surface area contributed by atoms with Crippen molar-refractivity contribution in [1.29, 1.82) is 0 Å². The number of halogens is 1. The number of hydrogen-bond donors (Lipinski definition) is 1. The number of nitrogens with zero attached hydrogens (tertiary/aromatic N) is 2. The van der Waals surface area contributed by atoms with E-state index in [1.54, 1.807) is 37.4 Å². The minimum Gasteiger partial charge on any atom is -0.497 e. The van der Waals surface area contributed by atoms with Gasteiger partial charge in [0.2, 0.25) is 11.7 Å². The first kappa shape index (κ1) is 19.7. The minimum atomic E-state index is -0.653. The number of carbonyl (C=O) groups is 1. The van der Waals surface area contributed by atoms with Crippen molar-refractivity contribution in [2.24, 2.45) is 0 Å². The third kappa shape index (κ3) is 5.01. The van der Waals surface area contributed by atoms with E-state index >= 15 is 0 Å². The predicted octanol–water partition coefficient (Wildman–Crippen LogP) is 3.87. The summed E-state index contributed by atoms with van der Waals surface area (Å²) in [6, 6.07) is 14.2. The quantitative estimate of drug-likeness (QED) is 0.616. The summed E-state index contributed by atoms with van der Waals surface area (Å²) in [4.78, 5) is 16.7. The van der Waals surface area contributed by atoms with Crippen molar-refractivity contribution in [3.05, 3.63) is 59.4 Å². The molecule has 0 aliphatic rings. The smallest absolute Gasteiger partial charge is 0.261 e. The fourth-order valence-electron chi connectivity index (χ4n) is 2.51. The van der Waals surface area contributed by atoms with E-state index in [4.69, 9.17) is 25.6 Å². The fourth-order valence-corrected chi connectivity index (χ4v) is 2.69. The van der Waals surface area contributed by atoms with E-state index < -0.39 is 6.10 Å². The summed E-state index contributed by atoms with van der Waals surface area (Å²) in [5, 5.41) is 7.24. The Hall–Kier alpha value is -3.06. The average molecular weight is 402 g/mol. The lowest BCUT2D eigenvalue weighted by molar-refractivity contribution is -0.128. The molecular weight excluding hydrogens is 382 g/mol. The van der Waals surface area contributed by atoms with Gasteiger partial charge in [-0.1, -0.05) is 41.9 Å². The topological polar surface area (TPSA) is 86.5 Å². The van der Waals surface area contributed by atoms with E-state index in [1.165, 1.54) is 0 Å². The molecule has 1 amide bonds. The van der Waals surface area contributed by atoms with Crippen LogP contribution in [0.4, 0.5) is 0 Å². The predicted molar refractivity (Wildman–Crippen MR) is 104 cm³/mol. The third-order valence-electron chi connectivity index (χ3n) is 3.95. The van der Waals surface area contributed by atoms with Gasteiger partial charge in [0, 0.05) is 10.6 Å². The lowest BCUT2D eigenvalue weighted by Gasteiger charge is -2.16. The molecule has 1 heterocycles. The van der Waals surface area contributed by atoms with E-state index in [-0.39, 0.29) is 12.5 Å². The van der Waals surface area contributed by atoms with Gasteiger partial charge in [0.1, 0.15) is 11.5 Å². The third-order valence-corrected chi connectivity index (χ3v) is 4.18. The maximum absolute atomic E-state index is 12.4. The Labute approximate surface area is 167 Å². The van der Waals surface area contributed by atoms with Crippen LogP contribution in [0.25, 0.3) is 11.4 Å². The van der Waals surface area contributed by atoms with Crippen molar-refractivity contribution in [2.75, 3.05) is 7.11 Å². The number of aromatic nitrogens is 2. The first-order valence-electron chi connectivity index (χ1n) is 8.76. The lowest BCUT2D eigenvalue weighted by atomic mass is 10.2. The van der Waals surface area contributed by atoms with Crippen LogP contribution >= 0.6 is 11.6 Å². The first-order chi connectivity index (χ1) is 13.6. The Morgan fingerprint density at radius 2 is 2.00 bits per heavy atom. The average Bonchev–Trinajstić information content (AvgIpc) is 3.19. The molecule has 0 bridgehead atoms. The zero-order valence-corrected chi connectivity index (χ0v) is 16.3. The number of rotatable bonds is 8. The molecule has 8 heteroatoms. The fraction of sp³-hybridized carbons (Fsp3) is 0.250. The number of nitrogens with one attached hydrogen (secondary N) is 1. The molecular formula is C20H20ClN3O4. The highest BCUT2D eigenvalue weighted by molar-refractivity contribution is 6.30. The summed E-state index contributed by atoms with van der Waals surface area (Å²) in [7, 11) is 1.59. The minimum absolute atomic E-state index is 0.102. The van der Waals surface area contributed by atoms with Gasteiger partial charge in [-0.15, -0.1) is 0 Å². The van der Waals surface area contributed by atoms with Crippen LogP contribution in [0.3, 0.4) is 0 Å². The van der Waals surface area contributed by atoms with Gasteiger partial charge in [-0.2, -0.15) is 4.98 Å².